The summed E-state index contributed by atoms with van der Waals surface area (Å²) in [5.74, 6) is -2.55. The van der Waals surface area contributed by atoms with Crippen LogP contribution in [0.4, 0.5) is 10.5 Å². The number of para-hydroxylation sites is 1. The van der Waals surface area contributed by atoms with Crippen LogP contribution in [0.1, 0.15) is 63.4 Å². The highest BCUT2D eigenvalue weighted by atomic mass is 32.2. The molecular weight excluding hydrogens is 865 g/mol. The molecule has 3 amide bonds. The molecule has 65 heavy (non-hydrogen) atoms. The number of sulfonamides is 1. The number of amides is 3. The number of ether oxygens (including phenoxy) is 4. The molecule has 0 unspecified atom stereocenters. The predicted molar refractivity (Wildman–Crippen MR) is 238 cm³/mol. The number of hydrogen-bond donors (Lipinski definition) is 4. The lowest BCUT2D eigenvalue weighted by Gasteiger charge is -2.33. The number of benzene rings is 2. The number of nitrogens with one attached hydrogen (secondary N) is 3. The van der Waals surface area contributed by atoms with Gasteiger partial charge in [0.25, 0.3) is 0 Å². The zero-order valence-electron chi connectivity index (χ0n) is 37.5. The molecule has 2 aliphatic heterocycles. The monoisotopic (exact) mass is 920 g/mol. The summed E-state index contributed by atoms with van der Waals surface area (Å²) >= 11 is 0. The Morgan fingerprint density at radius 1 is 1.06 bits per heavy atom. The highest BCUT2D eigenvalue weighted by molar-refractivity contribution is 7.88. The molecule has 19 nitrogen and oxygen atoms in total. The fourth-order valence-electron chi connectivity index (χ4n) is 7.48. The minimum Gasteiger partial charge on any atom is -0.457 e. The third kappa shape index (κ3) is 12.7. The smallest absolute Gasteiger partial charge is 0.457 e. The van der Waals surface area contributed by atoms with Crippen LogP contribution in [0.2, 0.25) is 0 Å². The summed E-state index contributed by atoms with van der Waals surface area (Å²) < 4.78 is 48.2. The van der Waals surface area contributed by atoms with Gasteiger partial charge < -0.3 is 44.9 Å². The molecule has 2 aromatic carbocycles. The van der Waals surface area contributed by atoms with Crippen molar-refractivity contribution in [2.24, 2.45) is 0 Å². The third-order valence-corrected chi connectivity index (χ3v) is 12.2. The molecule has 20 heteroatoms. The number of fused-ring (bicyclic) bond motifs is 2. The number of aldehydes is 1. The number of hydrogen-bond acceptors (Lipinski definition) is 15. The van der Waals surface area contributed by atoms with Gasteiger partial charge in [0.15, 0.2) is 0 Å². The number of anilines is 1. The van der Waals surface area contributed by atoms with E-state index in [1.165, 1.54) is 29.6 Å². The van der Waals surface area contributed by atoms with Gasteiger partial charge in [-0.25, -0.2) is 23.0 Å². The Bertz CT molecular complexity index is 2490. The Balaban J connectivity index is 1.23. The number of carbonyl (C=O) groups excluding carboxylic acids is 6. The van der Waals surface area contributed by atoms with Crippen molar-refractivity contribution in [1.82, 2.24) is 24.8 Å². The number of rotatable bonds is 20. The van der Waals surface area contributed by atoms with Crippen LogP contribution in [0, 0.1) is 0 Å². The van der Waals surface area contributed by atoms with Gasteiger partial charge in [-0.3, -0.25) is 19.2 Å². The van der Waals surface area contributed by atoms with Crippen molar-refractivity contribution in [2.45, 2.75) is 77.8 Å². The maximum absolute atomic E-state index is 13.5. The van der Waals surface area contributed by atoms with Crippen LogP contribution in [0.3, 0.4) is 0 Å². The lowest BCUT2D eigenvalue weighted by Crippen LogP contribution is -2.47. The van der Waals surface area contributed by atoms with Crippen molar-refractivity contribution in [1.29, 1.82) is 0 Å². The van der Waals surface area contributed by atoms with Gasteiger partial charge in [0.1, 0.15) is 32.7 Å². The second-order valence-electron chi connectivity index (χ2n) is 16.8. The van der Waals surface area contributed by atoms with E-state index in [0.717, 1.165) is 16.5 Å². The lowest BCUT2D eigenvalue weighted by atomic mass is 9.88. The van der Waals surface area contributed by atoms with Crippen LogP contribution in [0.15, 0.2) is 65.8 Å². The Morgan fingerprint density at radius 3 is 2.42 bits per heavy atom. The molecule has 350 valence electrons. The first-order valence-corrected chi connectivity index (χ1v) is 22.7. The third-order valence-electron chi connectivity index (χ3n) is 10.8. The first-order chi connectivity index (χ1) is 30.6. The highest BCUT2D eigenvalue weighted by Crippen LogP contribution is 2.40. The molecule has 3 aromatic rings. The molecule has 0 bridgehead atoms. The number of aromatic nitrogens is 1. The van der Waals surface area contributed by atoms with Crippen molar-refractivity contribution in [3.05, 3.63) is 88.1 Å². The SMILES string of the molecule is CC(C)N(CCc1c2c(nc3ccccc13)/C(=C/C1=C(C=O)COC(=O)[C@@]1(C)OC(=O)OCc1ccc(NC(=O)CNC(=O)COCC(=O)NC(C)(C)CCO)cc1)N(C)C2)S(C)(=O)=O. The second kappa shape index (κ2) is 21.2. The van der Waals surface area contributed by atoms with Crippen molar-refractivity contribution < 1.29 is 61.2 Å². The van der Waals surface area contributed by atoms with Gasteiger partial charge in [-0.15, -0.1) is 0 Å². The standard InChI is InChI=1S/C45H56N6O13S/c1-28(2)51(65(7,59)60)18-16-32-33-10-8-9-11-36(33)48-41-34(32)22-50(6)37(41)20-35-30(23-53)25-62-42(57)45(35,5)64-43(58)63-24-29-12-14-31(15-13-29)47-38(54)21-46-39(55)26-61-27-40(56)49-44(3,4)17-19-52/h8-15,20,23,28,52H,16-19,21-22,24-27H2,1-7H3,(H,46,55)(H,47,54)(H,49,56)/b37-20-/t45-/m0/s1. The quantitative estimate of drug-likeness (QED) is 0.0940. The molecule has 1 aromatic heterocycles. The summed E-state index contributed by atoms with van der Waals surface area (Å²) in [6, 6.07) is 13.5. The van der Waals surface area contributed by atoms with Gasteiger partial charge in [0, 0.05) is 66.1 Å². The van der Waals surface area contributed by atoms with Gasteiger partial charge in [-0.2, -0.15) is 4.31 Å². The molecule has 0 saturated heterocycles. The van der Waals surface area contributed by atoms with E-state index < -0.39 is 57.6 Å². The molecule has 4 N–H and O–H groups in total. The molecule has 0 radical (unpaired) electrons. The van der Waals surface area contributed by atoms with Crippen molar-refractivity contribution in [2.75, 3.05) is 58.1 Å². The van der Waals surface area contributed by atoms with Crippen LogP contribution >= 0.6 is 0 Å². The Kier molecular flexibility index (Phi) is 16.2. The van der Waals surface area contributed by atoms with E-state index in [0.29, 0.717) is 53.8 Å². The molecule has 0 fully saturated rings. The summed E-state index contributed by atoms with van der Waals surface area (Å²) in [5, 5.41) is 17.6. The van der Waals surface area contributed by atoms with E-state index in [1.807, 2.05) is 50.1 Å². The van der Waals surface area contributed by atoms with Crippen molar-refractivity contribution >= 4 is 68.4 Å². The number of nitrogens with zero attached hydrogens (tertiary/aromatic N) is 3. The number of carbonyl (C=O) groups is 6. The van der Waals surface area contributed by atoms with E-state index in [4.69, 9.17) is 29.0 Å². The summed E-state index contributed by atoms with van der Waals surface area (Å²) in [7, 11) is -1.68. The van der Waals surface area contributed by atoms with E-state index >= 15 is 0 Å². The zero-order chi connectivity index (χ0) is 47.7. The van der Waals surface area contributed by atoms with E-state index in [1.54, 1.807) is 32.1 Å². The first kappa shape index (κ1) is 49.8. The molecule has 0 aliphatic carbocycles. The fourth-order valence-corrected chi connectivity index (χ4v) is 8.67. The van der Waals surface area contributed by atoms with Gasteiger partial charge in [0.05, 0.1) is 29.7 Å². The van der Waals surface area contributed by atoms with Crippen molar-refractivity contribution in [3.8, 4) is 0 Å². The molecule has 3 heterocycles. The number of esters is 1. The Morgan fingerprint density at radius 2 is 1.75 bits per heavy atom. The number of aliphatic hydroxyl groups excluding tert-OH is 1. The molecule has 2 aliphatic rings. The minimum absolute atomic E-state index is 0.0565. The van der Waals surface area contributed by atoms with Gasteiger partial charge in [-0.05, 0) is 82.9 Å². The average Bonchev–Trinajstić information content (AvgIpc) is 3.54. The largest absolute Gasteiger partial charge is 0.510 e. The minimum atomic E-state index is -3.50. The number of cyclic esters (lactones) is 1. The normalized spacial score (nSPS) is 17.0. The highest BCUT2D eigenvalue weighted by Gasteiger charge is 2.48. The van der Waals surface area contributed by atoms with Gasteiger partial charge in [0.2, 0.25) is 33.3 Å². The lowest BCUT2D eigenvalue weighted by molar-refractivity contribution is -0.163. The summed E-state index contributed by atoms with van der Waals surface area (Å²) in [5.41, 5.74) is 1.74. The molecule has 0 saturated carbocycles. The Labute approximate surface area is 377 Å². The van der Waals surface area contributed by atoms with Crippen LogP contribution in [0.25, 0.3) is 16.6 Å². The van der Waals surface area contributed by atoms with Crippen molar-refractivity contribution in [3.63, 3.8) is 0 Å². The van der Waals surface area contributed by atoms with E-state index in [9.17, 15) is 37.2 Å². The maximum atomic E-state index is 13.5. The maximum Gasteiger partial charge on any atom is 0.510 e. The van der Waals surface area contributed by atoms with Crippen LogP contribution < -0.4 is 16.0 Å². The summed E-state index contributed by atoms with van der Waals surface area (Å²) in [6.07, 6.45) is 2.80. The number of pyridine rings is 1. The Hall–Kier alpha value is -6.22. The number of aliphatic hydroxyl groups is 1. The molecule has 5 rings (SSSR count). The summed E-state index contributed by atoms with van der Waals surface area (Å²) in [4.78, 5) is 82.6. The average molecular weight is 921 g/mol. The summed E-state index contributed by atoms with van der Waals surface area (Å²) in [6.45, 7) is 7.06. The van der Waals surface area contributed by atoms with E-state index in [2.05, 4.69) is 16.0 Å². The van der Waals surface area contributed by atoms with Crippen LogP contribution in [-0.4, -0.2) is 134 Å². The zero-order valence-corrected chi connectivity index (χ0v) is 38.3. The van der Waals surface area contributed by atoms with Gasteiger partial charge >= 0.3 is 12.1 Å². The molecular formula is C45H56N6O13S. The van der Waals surface area contributed by atoms with Crippen LogP contribution in [0.5, 0.6) is 0 Å². The fraction of sp³-hybridized carbons (Fsp3) is 0.444. The second-order valence-corrected chi connectivity index (χ2v) is 18.7. The topological polar surface area (TPSA) is 249 Å². The van der Waals surface area contributed by atoms with Crippen LogP contribution in [-0.2, 0) is 72.5 Å². The van der Waals surface area contributed by atoms with Gasteiger partial charge in [-0.1, -0.05) is 30.3 Å². The molecule has 0 spiro atoms. The van der Waals surface area contributed by atoms with E-state index in [-0.39, 0.29) is 56.7 Å². The predicted octanol–water partition coefficient (Wildman–Crippen LogP) is 2.75. The molecule has 1 atom stereocenters. The first-order valence-electron chi connectivity index (χ1n) is 20.8.